The fraction of sp³-hybridized carbons (Fsp3) is 0.364. The van der Waals surface area contributed by atoms with Crippen LogP contribution in [-0.2, 0) is 11.2 Å². The zero-order valence-corrected chi connectivity index (χ0v) is 7.75. The van der Waals surface area contributed by atoms with Crippen LogP contribution in [0.1, 0.15) is 18.9 Å². The molecule has 1 rings (SSSR count). The molecule has 13 heavy (non-hydrogen) atoms. The summed E-state index contributed by atoms with van der Waals surface area (Å²) in [7, 11) is 0. The smallest absolute Gasteiger partial charge is 0.198 e. The van der Waals surface area contributed by atoms with Crippen LogP contribution in [0, 0.1) is 0 Å². The topological polar surface area (TPSA) is 26.3 Å². The summed E-state index contributed by atoms with van der Waals surface area (Å²) in [4.78, 5) is 10.0. The highest BCUT2D eigenvalue weighted by atomic mass is 16.5. The van der Waals surface area contributed by atoms with Crippen molar-refractivity contribution in [1.82, 2.24) is 0 Å². The van der Waals surface area contributed by atoms with Crippen molar-refractivity contribution in [1.29, 1.82) is 0 Å². The average Bonchev–Trinajstić information content (AvgIpc) is 2.16. The highest BCUT2D eigenvalue weighted by Gasteiger charge is 1.95. The number of hydrogen-bond donors (Lipinski definition) is 0. The average molecular weight is 177 g/mol. The largest absolute Gasteiger partial charge is 0.494 e. The maximum Gasteiger partial charge on any atom is 0.198 e. The van der Waals surface area contributed by atoms with Gasteiger partial charge in [0.2, 0.25) is 0 Å². The van der Waals surface area contributed by atoms with Gasteiger partial charge in [0.05, 0.1) is 6.61 Å². The van der Waals surface area contributed by atoms with E-state index in [2.05, 4.69) is 0 Å². The molecule has 0 aliphatic rings. The van der Waals surface area contributed by atoms with Crippen molar-refractivity contribution < 1.29 is 9.53 Å². The highest BCUT2D eigenvalue weighted by Crippen LogP contribution is 2.13. The van der Waals surface area contributed by atoms with Gasteiger partial charge in [-0.15, -0.1) is 0 Å². The molecule has 0 aliphatic carbocycles. The first-order valence-electron chi connectivity index (χ1n) is 4.43. The molecule has 2 heteroatoms. The Bertz CT molecular complexity index is 269. The fourth-order valence-corrected chi connectivity index (χ4v) is 1.15. The molecule has 0 aromatic heterocycles. The van der Waals surface area contributed by atoms with E-state index in [1.54, 1.807) is 0 Å². The molecule has 1 aromatic carbocycles. The zero-order chi connectivity index (χ0) is 9.52. The molecule has 0 N–H and O–H groups in total. The third-order valence-corrected chi connectivity index (χ3v) is 1.73. The van der Waals surface area contributed by atoms with E-state index in [0.29, 0.717) is 13.0 Å². The van der Waals surface area contributed by atoms with Crippen LogP contribution in [-0.4, -0.2) is 12.9 Å². The number of aryl methyl sites for hydroxylation is 1. The molecule has 2 nitrogen and oxygen atoms in total. The van der Waals surface area contributed by atoms with Gasteiger partial charge in [-0.05, 0) is 31.0 Å². The van der Waals surface area contributed by atoms with Gasteiger partial charge in [-0.2, -0.15) is 0 Å². The van der Waals surface area contributed by atoms with Crippen LogP contribution < -0.4 is 4.74 Å². The van der Waals surface area contributed by atoms with Gasteiger partial charge in [0.25, 0.3) is 0 Å². The predicted octanol–water partition coefficient (Wildman–Crippen LogP) is 2.13. The summed E-state index contributed by atoms with van der Waals surface area (Å²) in [5.74, 6) is 0.867. The van der Waals surface area contributed by atoms with E-state index < -0.39 is 0 Å². The van der Waals surface area contributed by atoms with Crippen LogP contribution in [0.15, 0.2) is 24.3 Å². The minimum absolute atomic E-state index is 0.454. The second-order valence-corrected chi connectivity index (χ2v) is 2.72. The van der Waals surface area contributed by atoms with Crippen molar-refractivity contribution in [3.05, 3.63) is 29.8 Å². The Labute approximate surface area is 78.5 Å². The predicted molar refractivity (Wildman–Crippen MR) is 51.6 cm³/mol. The minimum Gasteiger partial charge on any atom is -0.494 e. The van der Waals surface area contributed by atoms with Crippen LogP contribution in [0.3, 0.4) is 0 Å². The molecular formula is C11H13O2. The monoisotopic (exact) mass is 177 g/mol. The first-order chi connectivity index (χ1) is 6.36. The van der Waals surface area contributed by atoms with Crippen LogP contribution in [0.25, 0.3) is 0 Å². The normalized spacial score (nSPS) is 9.62. The van der Waals surface area contributed by atoms with Crippen LogP contribution >= 0.6 is 0 Å². The first-order valence-corrected chi connectivity index (χ1v) is 4.43. The Kier molecular flexibility index (Phi) is 4.03. The third-order valence-electron chi connectivity index (χ3n) is 1.73. The molecule has 0 unspecified atom stereocenters. The molecular weight excluding hydrogens is 164 g/mol. The van der Waals surface area contributed by atoms with E-state index in [0.717, 1.165) is 17.7 Å². The lowest BCUT2D eigenvalue weighted by molar-refractivity contribution is 0.340. The lowest BCUT2D eigenvalue weighted by Gasteiger charge is -2.04. The lowest BCUT2D eigenvalue weighted by Crippen LogP contribution is -1.92. The summed E-state index contributed by atoms with van der Waals surface area (Å²) >= 11 is 0. The minimum atomic E-state index is 0.454. The van der Waals surface area contributed by atoms with Crippen LogP contribution in [0.2, 0.25) is 0 Å². The molecule has 0 spiro atoms. The molecule has 69 valence electrons. The van der Waals surface area contributed by atoms with Gasteiger partial charge < -0.3 is 4.74 Å². The van der Waals surface area contributed by atoms with Crippen LogP contribution in [0.5, 0.6) is 5.75 Å². The van der Waals surface area contributed by atoms with Gasteiger partial charge in [0.1, 0.15) is 5.75 Å². The van der Waals surface area contributed by atoms with E-state index in [-0.39, 0.29) is 0 Å². The van der Waals surface area contributed by atoms with Crippen molar-refractivity contribution in [3.63, 3.8) is 0 Å². The maximum absolute atomic E-state index is 10.0. The van der Waals surface area contributed by atoms with Gasteiger partial charge in [-0.25, -0.2) is 0 Å². The van der Waals surface area contributed by atoms with Crippen molar-refractivity contribution in [2.45, 2.75) is 19.8 Å². The summed E-state index contributed by atoms with van der Waals surface area (Å²) in [6.45, 7) is 2.62. The number of hydrogen-bond acceptors (Lipinski definition) is 2. The zero-order valence-electron chi connectivity index (χ0n) is 7.75. The van der Waals surface area contributed by atoms with E-state index in [4.69, 9.17) is 4.74 Å². The van der Waals surface area contributed by atoms with Gasteiger partial charge in [-0.1, -0.05) is 12.1 Å². The Morgan fingerprint density at radius 1 is 1.46 bits per heavy atom. The highest BCUT2D eigenvalue weighted by molar-refractivity contribution is 5.51. The van der Waals surface area contributed by atoms with E-state index >= 15 is 0 Å². The lowest BCUT2D eigenvalue weighted by atomic mass is 10.1. The van der Waals surface area contributed by atoms with E-state index in [9.17, 15) is 4.79 Å². The molecule has 0 amide bonds. The van der Waals surface area contributed by atoms with Gasteiger partial charge in [0.15, 0.2) is 6.29 Å². The molecule has 0 atom stereocenters. The van der Waals surface area contributed by atoms with Crippen molar-refractivity contribution >= 4 is 6.29 Å². The number of benzene rings is 1. The van der Waals surface area contributed by atoms with Crippen LogP contribution in [0.4, 0.5) is 0 Å². The summed E-state index contributed by atoms with van der Waals surface area (Å²) in [5, 5.41) is 0. The second kappa shape index (κ2) is 5.36. The Morgan fingerprint density at radius 3 is 3.00 bits per heavy atom. The summed E-state index contributed by atoms with van der Waals surface area (Å²) < 4.78 is 5.33. The molecule has 0 fully saturated rings. The number of ether oxygens (including phenoxy) is 1. The summed E-state index contributed by atoms with van der Waals surface area (Å²) in [6, 6.07) is 7.80. The van der Waals surface area contributed by atoms with E-state index in [1.165, 1.54) is 0 Å². The molecule has 0 heterocycles. The standard InChI is InChI=1S/C11H13O2/c1-2-13-11-7-3-5-10(9-11)6-4-8-12/h3,5,7,9H,2,4,6H2,1H3. The number of rotatable bonds is 5. The second-order valence-electron chi connectivity index (χ2n) is 2.72. The maximum atomic E-state index is 10.0. The third kappa shape index (κ3) is 3.28. The SMILES string of the molecule is CCOc1cccc(CC[C]=O)c1. The van der Waals surface area contributed by atoms with Gasteiger partial charge >= 0.3 is 0 Å². The van der Waals surface area contributed by atoms with Gasteiger partial charge in [0, 0.05) is 6.42 Å². The Morgan fingerprint density at radius 2 is 2.31 bits per heavy atom. The van der Waals surface area contributed by atoms with Crippen molar-refractivity contribution in [3.8, 4) is 5.75 Å². The molecule has 0 saturated carbocycles. The van der Waals surface area contributed by atoms with Gasteiger partial charge in [-0.3, -0.25) is 4.79 Å². The molecule has 0 bridgehead atoms. The molecule has 0 saturated heterocycles. The molecule has 0 aliphatic heterocycles. The van der Waals surface area contributed by atoms with Crippen molar-refractivity contribution in [2.24, 2.45) is 0 Å². The summed E-state index contributed by atoms with van der Waals surface area (Å²) in [6.07, 6.45) is 3.07. The van der Waals surface area contributed by atoms with Crippen molar-refractivity contribution in [2.75, 3.05) is 6.61 Å². The fourth-order valence-electron chi connectivity index (χ4n) is 1.15. The number of carbonyl (C=O) groups excluding carboxylic acids is 1. The quantitative estimate of drug-likeness (QED) is 0.688. The van der Waals surface area contributed by atoms with E-state index in [1.807, 2.05) is 37.5 Å². The summed E-state index contributed by atoms with van der Waals surface area (Å²) in [5.41, 5.74) is 1.12. The first kappa shape index (κ1) is 9.78. The molecule has 1 aromatic rings. The molecule has 1 radical (unpaired) electrons. The Balaban J connectivity index is 2.61. The Hall–Kier alpha value is -1.31.